The molecule has 0 saturated carbocycles. The summed E-state index contributed by atoms with van der Waals surface area (Å²) in [5.41, 5.74) is 5.19. The normalized spacial score (nSPS) is 11.5. The molecule has 61 heavy (non-hydrogen) atoms. The second kappa shape index (κ2) is 23.7. The van der Waals surface area contributed by atoms with Crippen molar-refractivity contribution in [1.29, 1.82) is 0 Å². The number of hydrogen-bond acceptors (Lipinski definition) is 14. The third-order valence-electron chi connectivity index (χ3n) is 9.30. The fraction of sp³-hybridized carbons (Fsp3) is 0.302. The van der Waals surface area contributed by atoms with Crippen LogP contribution in [0.4, 0.5) is 33.0 Å². The smallest absolute Gasteiger partial charge is 0.408 e. The predicted molar refractivity (Wildman–Crippen MR) is 240 cm³/mol. The van der Waals surface area contributed by atoms with Crippen molar-refractivity contribution < 1.29 is 35.1 Å². The second-order valence-corrected chi connectivity index (χ2v) is 18.1. The van der Waals surface area contributed by atoms with E-state index in [0.717, 1.165) is 47.8 Å². The molecule has 0 fully saturated rings. The molecule has 0 atom stereocenters. The average Bonchev–Trinajstić information content (AvgIpc) is 3.85. The molecule has 6 rings (SSSR count). The third-order valence-corrected chi connectivity index (χ3v) is 13.0. The van der Waals surface area contributed by atoms with Crippen molar-refractivity contribution in [1.82, 2.24) is 0 Å². The molecule has 0 aliphatic heterocycles. The van der Waals surface area contributed by atoms with Crippen LogP contribution in [-0.2, 0) is 34.3 Å². The molecule has 2 heterocycles. The van der Waals surface area contributed by atoms with Crippen LogP contribution in [0.2, 0.25) is 0 Å². The zero-order valence-electron chi connectivity index (χ0n) is 35.2. The van der Waals surface area contributed by atoms with Gasteiger partial charge in [-0.2, -0.15) is 0 Å². The number of thiazole rings is 2. The summed E-state index contributed by atoms with van der Waals surface area (Å²) in [7, 11) is -4.61. The van der Waals surface area contributed by atoms with Gasteiger partial charge in [0.1, 0.15) is 44.0 Å². The van der Waals surface area contributed by atoms with Gasteiger partial charge in [-0.3, -0.25) is 0 Å². The predicted octanol–water partition coefficient (Wildman–Crippen LogP) is 9.61. The Balaban J connectivity index is 0.000000301. The standard InChI is InChI=1S/C29H38N8S2.2C7H8O3S/c1-5-36(26-14-10-24(11-15-26)30-32-28-34(3)20-22-38-28)18-8-7-9-19-37(6-2)27-16-12-25(13-17-27)31-33-29-35(4)21-23-39-29;2*1-6-4-2-3-5-7(6)11(8,9)10/h10-17,20-23H,5-9,18-19H2,1-4H3;2*2-5H,1H3,(H,8,9,10)/q+2;;/p-2. The topological polar surface area (TPSA) is 178 Å². The Bertz CT molecular complexity index is 2380. The van der Waals surface area contributed by atoms with Crippen LogP contribution in [0.1, 0.15) is 44.2 Å². The Hall–Kier alpha value is -5.24. The lowest BCUT2D eigenvalue weighted by Crippen LogP contribution is -2.25. The number of unbranched alkanes of at least 4 members (excludes halogenated alkanes) is 2. The lowest BCUT2D eigenvalue weighted by Gasteiger charge is -2.25. The van der Waals surface area contributed by atoms with E-state index in [1.54, 1.807) is 60.8 Å². The number of azo groups is 2. The average molecular weight is 905 g/mol. The number of nitrogens with zero attached hydrogens (tertiary/aromatic N) is 8. The van der Waals surface area contributed by atoms with Gasteiger partial charge in [-0.1, -0.05) is 36.4 Å². The molecule has 2 aromatic heterocycles. The van der Waals surface area contributed by atoms with Crippen molar-refractivity contribution in [2.75, 3.05) is 36.0 Å². The van der Waals surface area contributed by atoms with Crippen LogP contribution in [0.3, 0.4) is 0 Å². The van der Waals surface area contributed by atoms with E-state index in [4.69, 9.17) is 0 Å². The van der Waals surface area contributed by atoms with Crippen LogP contribution in [0.15, 0.2) is 150 Å². The van der Waals surface area contributed by atoms with Crippen molar-refractivity contribution in [3.05, 3.63) is 131 Å². The highest BCUT2D eigenvalue weighted by molar-refractivity contribution is 7.86. The van der Waals surface area contributed by atoms with Crippen molar-refractivity contribution in [2.24, 2.45) is 34.6 Å². The molecule has 14 nitrogen and oxygen atoms in total. The van der Waals surface area contributed by atoms with Gasteiger partial charge in [0.15, 0.2) is 0 Å². The van der Waals surface area contributed by atoms with Gasteiger partial charge in [0.2, 0.25) is 0 Å². The first-order chi connectivity index (χ1) is 29.1. The van der Waals surface area contributed by atoms with Gasteiger partial charge in [0, 0.05) is 48.3 Å². The number of aromatic nitrogens is 2. The van der Waals surface area contributed by atoms with Crippen molar-refractivity contribution in [2.45, 2.75) is 56.7 Å². The minimum atomic E-state index is -4.28. The van der Waals surface area contributed by atoms with Gasteiger partial charge in [0.25, 0.3) is 0 Å². The maximum atomic E-state index is 10.5. The van der Waals surface area contributed by atoms with E-state index in [2.05, 4.69) is 68.4 Å². The number of hydrogen-bond donors (Lipinski definition) is 0. The Morgan fingerprint density at radius 2 is 0.902 bits per heavy atom. The summed E-state index contributed by atoms with van der Waals surface area (Å²) < 4.78 is 66.9. The Kier molecular flexibility index (Phi) is 18.8. The number of aryl methyl sites for hydroxylation is 4. The lowest BCUT2D eigenvalue weighted by atomic mass is 10.2. The largest absolute Gasteiger partial charge is 0.744 e. The highest BCUT2D eigenvalue weighted by Crippen LogP contribution is 2.25. The monoisotopic (exact) mass is 904 g/mol. The summed E-state index contributed by atoms with van der Waals surface area (Å²) in [5, 5.41) is 23.3. The number of anilines is 2. The van der Waals surface area contributed by atoms with Crippen LogP contribution < -0.4 is 18.9 Å². The van der Waals surface area contributed by atoms with E-state index in [0.29, 0.717) is 11.1 Å². The first-order valence-electron chi connectivity index (χ1n) is 19.5. The molecule has 18 heteroatoms. The van der Waals surface area contributed by atoms with E-state index < -0.39 is 20.2 Å². The maximum Gasteiger partial charge on any atom is 0.408 e. The van der Waals surface area contributed by atoms with Crippen LogP contribution in [0.5, 0.6) is 0 Å². The Morgan fingerprint density at radius 1 is 0.541 bits per heavy atom. The molecule has 6 aromatic rings. The quantitative estimate of drug-likeness (QED) is 0.0399. The minimum absolute atomic E-state index is 0.139. The van der Waals surface area contributed by atoms with Gasteiger partial charge in [0.05, 0.1) is 34.1 Å². The third kappa shape index (κ3) is 15.6. The first-order valence-corrected chi connectivity index (χ1v) is 24.1. The van der Waals surface area contributed by atoms with E-state index in [1.807, 2.05) is 70.6 Å². The van der Waals surface area contributed by atoms with E-state index in [9.17, 15) is 25.9 Å². The summed E-state index contributed by atoms with van der Waals surface area (Å²) in [6.07, 6.45) is 7.50. The van der Waals surface area contributed by atoms with Crippen molar-refractivity contribution >= 4 is 75.9 Å². The van der Waals surface area contributed by atoms with E-state index in [1.165, 1.54) is 54.9 Å². The van der Waals surface area contributed by atoms with E-state index >= 15 is 0 Å². The molecule has 0 saturated heterocycles. The van der Waals surface area contributed by atoms with E-state index in [-0.39, 0.29) is 9.79 Å². The SMILES string of the molecule is CCN(CCCCCN(CC)c1ccc(N=Nc2scc[n+]2C)cc1)c1ccc(N=Nc2scc[n+]2C)cc1.Cc1ccccc1S(=O)(=O)[O-].Cc1ccccc1S(=O)(=O)[O-]. The molecule has 0 aliphatic rings. The zero-order chi connectivity index (χ0) is 44.4. The molecule has 4 aromatic carbocycles. The molecule has 324 valence electrons. The molecule has 0 unspecified atom stereocenters. The van der Waals surface area contributed by atoms with Gasteiger partial charge in [-0.05, 0) is 152 Å². The Morgan fingerprint density at radius 3 is 1.18 bits per heavy atom. The minimum Gasteiger partial charge on any atom is -0.744 e. The molecule has 0 aliphatic carbocycles. The van der Waals surface area contributed by atoms with Gasteiger partial charge < -0.3 is 18.9 Å². The summed E-state index contributed by atoms with van der Waals surface area (Å²) in [6, 6.07) is 29.0. The number of benzene rings is 4. The van der Waals surface area contributed by atoms with Crippen LogP contribution in [0, 0.1) is 13.8 Å². The fourth-order valence-electron chi connectivity index (χ4n) is 5.90. The second-order valence-electron chi connectivity index (χ2n) is 13.7. The molecular formula is C43H52N8O6S4. The van der Waals surface area contributed by atoms with Gasteiger partial charge in [-0.15, -0.1) is 0 Å². The summed E-state index contributed by atoms with van der Waals surface area (Å²) in [5.74, 6) is 0. The van der Waals surface area contributed by atoms with Crippen LogP contribution >= 0.6 is 22.7 Å². The molecule has 0 radical (unpaired) electrons. The first kappa shape index (κ1) is 48.4. The molecule has 0 N–H and O–H groups in total. The van der Waals surface area contributed by atoms with Crippen LogP contribution in [0.25, 0.3) is 0 Å². The highest BCUT2D eigenvalue weighted by atomic mass is 32.2. The maximum absolute atomic E-state index is 10.5. The molecular weight excluding hydrogens is 853 g/mol. The lowest BCUT2D eigenvalue weighted by molar-refractivity contribution is -0.654. The fourth-order valence-corrected chi connectivity index (χ4v) is 8.68. The summed E-state index contributed by atoms with van der Waals surface area (Å²) in [4.78, 5) is 4.59. The van der Waals surface area contributed by atoms with Crippen molar-refractivity contribution in [3.63, 3.8) is 0 Å². The Labute approximate surface area is 367 Å². The van der Waals surface area contributed by atoms with Gasteiger partial charge in [-0.25, -0.2) is 26.0 Å². The molecule has 0 amide bonds. The van der Waals surface area contributed by atoms with Crippen LogP contribution in [-0.4, -0.2) is 52.1 Å². The van der Waals surface area contributed by atoms with Crippen molar-refractivity contribution in [3.8, 4) is 0 Å². The number of rotatable bonds is 16. The van der Waals surface area contributed by atoms with Gasteiger partial charge >= 0.3 is 10.3 Å². The summed E-state index contributed by atoms with van der Waals surface area (Å²) in [6.45, 7) is 11.7. The highest BCUT2D eigenvalue weighted by Gasteiger charge is 2.11. The molecule has 0 spiro atoms. The molecule has 0 bridgehead atoms. The summed E-state index contributed by atoms with van der Waals surface area (Å²) >= 11 is 3.16. The zero-order valence-corrected chi connectivity index (χ0v) is 38.4.